The van der Waals surface area contributed by atoms with Crippen LogP contribution in [0.2, 0.25) is 0 Å². The van der Waals surface area contributed by atoms with E-state index in [1.807, 2.05) is 7.05 Å². The van der Waals surface area contributed by atoms with Crippen molar-refractivity contribution in [1.82, 2.24) is 4.90 Å². The van der Waals surface area contributed by atoms with Crippen molar-refractivity contribution in [1.29, 1.82) is 0 Å². The number of benzene rings is 2. The van der Waals surface area contributed by atoms with Crippen LogP contribution >= 0.6 is 0 Å². The van der Waals surface area contributed by atoms with E-state index in [0.29, 0.717) is 12.4 Å². The van der Waals surface area contributed by atoms with E-state index in [-0.39, 0.29) is 17.7 Å². The molecule has 0 saturated heterocycles. The second-order valence-corrected chi connectivity index (χ2v) is 5.01. The molecule has 0 fully saturated rings. The minimum absolute atomic E-state index is 0.169. The fourth-order valence-electron chi connectivity index (χ4n) is 2.03. The van der Waals surface area contributed by atoms with Gasteiger partial charge in [-0.05, 0) is 55.9 Å². The Kier molecular flexibility index (Phi) is 5.28. The Morgan fingerprint density at radius 2 is 1.48 bits per heavy atom. The summed E-state index contributed by atoms with van der Waals surface area (Å²) in [6, 6.07) is 12.7. The summed E-state index contributed by atoms with van der Waals surface area (Å²) >= 11 is 0. The molecule has 0 aliphatic carbocycles. The zero-order chi connectivity index (χ0) is 15.2. The predicted molar refractivity (Wildman–Crippen MR) is 79.3 cm³/mol. The molecule has 0 aliphatic heterocycles. The third-order valence-electron chi connectivity index (χ3n) is 3.54. The average molecular weight is 291 g/mol. The Balaban J connectivity index is 1.82. The first-order valence-corrected chi connectivity index (χ1v) is 6.90. The minimum atomic E-state index is -0.274. The van der Waals surface area contributed by atoms with Crippen molar-refractivity contribution in [2.45, 2.75) is 13.0 Å². The number of hydrogen-bond donors (Lipinski definition) is 0. The van der Waals surface area contributed by atoms with Gasteiger partial charge in [0.1, 0.15) is 24.0 Å². The highest BCUT2D eigenvalue weighted by molar-refractivity contribution is 5.22. The number of hydrogen-bond acceptors (Lipinski definition) is 2. The number of nitrogens with zero attached hydrogens (tertiary/aromatic N) is 1. The molecular formula is C17H19F2NO. The van der Waals surface area contributed by atoms with Crippen molar-refractivity contribution in [3.8, 4) is 5.75 Å². The molecule has 0 N–H and O–H groups in total. The number of ether oxygens (including phenoxy) is 1. The zero-order valence-corrected chi connectivity index (χ0v) is 12.2. The SMILES string of the molecule is CC(c1ccc(F)cc1)N(C)CCOc1ccc(F)cc1. The topological polar surface area (TPSA) is 12.5 Å². The highest BCUT2D eigenvalue weighted by Gasteiger charge is 2.11. The summed E-state index contributed by atoms with van der Waals surface area (Å²) in [5.74, 6) is 0.150. The van der Waals surface area contributed by atoms with Crippen LogP contribution in [0.25, 0.3) is 0 Å². The van der Waals surface area contributed by atoms with E-state index in [0.717, 1.165) is 12.1 Å². The van der Waals surface area contributed by atoms with Gasteiger partial charge in [0.25, 0.3) is 0 Å². The second-order valence-electron chi connectivity index (χ2n) is 5.01. The summed E-state index contributed by atoms with van der Waals surface area (Å²) in [6.07, 6.45) is 0. The molecule has 0 amide bonds. The van der Waals surface area contributed by atoms with Gasteiger partial charge in [-0.25, -0.2) is 8.78 Å². The smallest absolute Gasteiger partial charge is 0.123 e. The summed E-state index contributed by atoms with van der Waals surface area (Å²) in [7, 11) is 1.99. The lowest BCUT2D eigenvalue weighted by Gasteiger charge is -2.25. The standard InChI is InChI=1S/C17H19F2NO/c1-13(14-3-5-15(18)6-4-14)20(2)11-12-21-17-9-7-16(19)8-10-17/h3-10,13H,11-12H2,1-2H3. The lowest BCUT2D eigenvalue weighted by molar-refractivity contribution is 0.201. The third-order valence-corrected chi connectivity index (χ3v) is 3.54. The van der Waals surface area contributed by atoms with Crippen molar-refractivity contribution in [3.63, 3.8) is 0 Å². The summed E-state index contributed by atoms with van der Waals surface area (Å²) in [4.78, 5) is 2.12. The lowest BCUT2D eigenvalue weighted by atomic mass is 10.1. The van der Waals surface area contributed by atoms with Gasteiger partial charge < -0.3 is 4.74 Å². The van der Waals surface area contributed by atoms with E-state index < -0.39 is 0 Å². The molecule has 0 radical (unpaired) electrons. The molecule has 2 aromatic rings. The molecule has 21 heavy (non-hydrogen) atoms. The molecule has 0 aliphatic rings. The van der Waals surface area contributed by atoms with Gasteiger partial charge in [-0.15, -0.1) is 0 Å². The maximum atomic E-state index is 12.9. The molecule has 0 saturated carbocycles. The van der Waals surface area contributed by atoms with Crippen molar-refractivity contribution in [2.75, 3.05) is 20.2 Å². The highest BCUT2D eigenvalue weighted by atomic mass is 19.1. The molecule has 0 bridgehead atoms. The van der Waals surface area contributed by atoms with E-state index in [4.69, 9.17) is 4.74 Å². The van der Waals surface area contributed by atoms with Crippen LogP contribution in [0.1, 0.15) is 18.5 Å². The van der Waals surface area contributed by atoms with Gasteiger partial charge in [-0.1, -0.05) is 12.1 Å². The quantitative estimate of drug-likeness (QED) is 0.796. The van der Waals surface area contributed by atoms with Crippen LogP contribution in [-0.2, 0) is 0 Å². The van der Waals surface area contributed by atoms with Gasteiger partial charge in [0.2, 0.25) is 0 Å². The molecule has 112 valence electrons. The summed E-state index contributed by atoms with van der Waals surface area (Å²) in [5.41, 5.74) is 1.06. The van der Waals surface area contributed by atoms with Crippen LogP contribution in [-0.4, -0.2) is 25.1 Å². The highest BCUT2D eigenvalue weighted by Crippen LogP contribution is 2.19. The molecular weight excluding hydrogens is 272 g/mol. The summed E-state index contributed by atoms with van der Waals surface area (Å²) in [6.45, 7) is 3.29. The Labute approximate surface area is 124 Å². The molecule has 2 aromatic carbocycles. The van der Waals surface area contributed by atoms with E-state index in [1.165, 1.54) is 24.3 Å². The Hall–Kier alpha value is -1.94. The second kappa shape index (κ2) is 7.18. The third kappa shape index (κ3) is 4.53. The Morgan fingerprint density at radius 3 is 2.05 bits per heavy atom. The van der Waals surface area contributed by atoms with Crippen LogP contribution < -0.4 is 4.74 Å². The largest absolute Gasteiger partial charge is 0.492 e. The van der Waals surface area contributed by atoms with E-state index in [2.05, 4.69) is 11.8 Å². The molecule has 0 spiro atoms. The predicted octanol–water partition coefficient (Wildman–Crippen LogP) is 4.04. The first kappa shape index (κ1) is 15.4. The molecule has 2 nitrogen and oxygen atoms in total. The molecule has 4 heteroatoms. The molecule has 2 rings (SSSR count). The normalized spacial score (nSPS) is 12.4. The lowest BCUT2D eigenvalue weighted by Crippen LogP contribution is -2.27. The summed E-state index contributed by atoms with van der Waals surface area (Å²) in [5, 5.41) is 0. The molecule has 0 heterocycles. The molecule has 1 atom stereocenters. The van der Waals surface area contributed by atoms with Gasteiger partial charge in [0.15, 0.2) is 0 Å². The maximum absolute atomic E-state index is 12.9. The Morgan fingerprint density at radius 1 is 0.952 bits per heavy atom. The van der Waals surface area contributed by atoms with Crippen molar-refractivity contribution in [2.24, 2.45) is 0 Å². The van der Waals surface area contributed by atoms with Gasteiger partial charge in [0.05, 0.1) is 0 Å². The first-order valence-electron chi connectivity index (χ1n) is 6.90. The fourth-order valence-corrected chi connectivity index (χ4v) is 2.03. The summed E-state index contributed by atoms with van der Waals surface area (Å²) < 4.78 is 31.2. The van der Waals surface area contributed by atoms with Crippen LogP contribution in [0.15, 0.2) is 48.5 Å². The van der Waals surface area contributed by atoms with Crippen LogP contribution in [0.3, 0.4) is 0 Å². The monoisotopic (exact) mass is 291 g/mol. The fraction of sp³-hybridized carbons (Fsp3) is 0.294. The van der Waals surface area contributed by atoms with Crippen LogP contribution in [0.4, 0.5) is 8.78 Å². The van der Waals surface area contributed by atoms with E-state index in [1.54, 1.807) is 24.3 Å². The molecule has 1 unspecified atom stereocenters. The van der Waals surface area contributed by atoms with Crippen molar-refractivity contribution >= 4 is 0 Å². The average Bonchev–Trinajstić information content (AvgIpc) is 2.49. The van der Waals surface area contributed by atoms with Gasteiger partial charge >= 0.3 is 0 Å². The van der Waals surface area contributed by atoms with E-state index in [9.17, 15) is 8.78 Å². The van der Waals surface area contributed by atoms with Gasteiger partial charge in [-0.3, -0.25) is 4.90 Å². The van der Waals surface area contributed by atoms with Crippen LogP contribution in [0, 0.1) is 11.6 Å². The molecule has 0 aromatic heterocycles. The zero-order valence-electron chi connectivity index (χ0n) is 12.2. The van der Waals surface area contributed by atoms with Gasteiger partial charge in [0, 0.05) is 12.6 Å². The van der Waals surface area contributed by atoms with Crippen molar-refractivity contribution < 1.29 is 13.5 Å². The number of halogens is 2. The number of rotatable bonds is 6. The Bertz CT molecular complexity index is 554. The number of likely N-dealkylation sites (N-methyl/N-ethyl adjacent to an activating group) is 1. The van der Waals surface area contributed by atoms with E-state index >= 15 is 0 Å². The maximum Gasteiger partial charge on any atom is 0.123 e. The first-order chi connectivity index (χ1) is 10.1. The minimum Gasteiger partial charge on any atom is -0.492 e. The van der Waals surface area contributed by atoms with Gasteiger partial charge in [-0.2, -0.15) is 0 Å². The van der Waals surface area contributed by atoms with Crippen molar-refractivity contribution in [3.05, 3.63) is 65.7 Å². The van der Waals surface area contributed by atoms with Crippen LogP contribution in [0.5, 0.6) is 5.75 Å².